The molecule has 0 bridgehead atoms. The lowest BCUT2D eigenvalue weighted by Crippen LogP contribution is -2.49. The molecule has 0 saturated carbocycles. The Morgan fingerprint density at radius 1 is 1.40 bits per heavy atom. The first kappa shape index (κ1) is 15.6. The number of nitrogens with zero attached hydrogens (tertiary/aromatic N) is 3. The zero-order valence-electron chi connectivity index (χ0n) is 13.1. The third kappa shape index (κ3) is 3.64. The van der Waals surface area contributed by atoms with Crippen LogP contribution in [0.15, 0.2) is 6.07 Å². The van der Waals surface area contributed by atoms with Crippen LogP contribution < -0.4 is 5.32 Å². The van der Waals surface area contributed by atoms with Gasteiger partial charge in [0.25, 0.3) is 0 Å². The van der Waals surface area contributed by atoms with Crippen LogP contribution >= 0.6 is 11.8 Å². The largest absolute Gasteiger partial charge is 0.368 e. The van der Waals surface area contributed by atoms with Gasteiger partial charge < -0.3 is 10.2 Å². The normalized spacial score (nSPS) is 22.4. The number of likely N-dealkylation sites (N-methyl/N-ethyl adjacent to an activating group) is 1. The van der Waals surface area contributed by atoms with Gasteiger partial charge in [0.2, 0.25) is 0 Å². The van der Waals surface area contributed by atoms with Crippen LogP contribution in [0.2, 0.25) is 0 Å². The second-order valence-electron chi connectivity index (χ2n) is 5.82. The van der Waals surface area contributed by atoms with Crippen LogP contribution in [0.4, 0.5) is 5.82 Å². The molecule has 1 aliphatic rings. The summed E-state index contributed by atoms with van der Waals surface area (Å²) in [4.78, 5) is 11.4. The zero-order valence-corrected chi connectivity index (χ0v) is 13.9. The molecular formula is C15H26N4S. The average Bonchev–Trinajstić information content (AvgIpc) is 2.86. The van der Waals surface area contributed by atoms with E-state index in [0.29, 0.717) is 0 Å². The van der Waals surface area contributed by atoms with E-state index in [-0.39, 0.29) is 5.54 Å². The molecule has 0 amide bonds. The standard InChI is InChI=1S/C15H26N4S/c1-5-6-13-9-14(18-12(2)17-13)16-10-15(19(3)4)7-8-20-11-15/h9H,5-8,10-11H2,1-4H3,(H,16,17,18)/t15-/m0/s1. The predicted molar refractivity (Wildman–Crippen MR) is 87.6 cm³/mol. The highest BCUT2D eigenvalue weighted by molar-refractivity contribution is 7.99. The predicted octanol–water partition coefficient (Wildman–Crippen LogP) is 2.59. The lowest BCUT2D eigenvalue weighted by Gasteiger charge is -2.36. The molecule has 112 valence electrons. The molecule has 20 heavy (non-hydrogen) atoms. The van der Waals surface area contributed by atoms with Crippen molar-refractivity contribution in [1.82, 2.24) is 14.9 Å². The fourth-order valence-electron chi connectivity index (χ4n) is 2.61. The molecule has 1 aromatic heterocycles. The van der Waals surface area contributed by atoms with Gasteiger partial charge in [-0.3, -0.25) is 0 Å². The second kappa shape index (κ2) is 6.76. The highest BCUT2D eigenvalue weighted by Gasteiger charge is 2.36. The fourth-order valence-corrected chi connectivity index (χ4v) is 4.16. The second-order valence-corrected chi connectivity index (χ2v) is 6.92. The van der Waals surface area contributed by atoms with Crippen LogP contribution in [0, 0.1) is 6.92 Å². The lowest BCUT2D eigenvalue weighted by molar-refractivity contribution is 0.195. The van der Waals surface area contributed by atoms with Crippen molar-refractivity contribution in [2.24, 2.45) is 0 Å². The van der Waals surface area contributed by atoms with Gasteiger partial charge in [-0.1, -0.05) is 13.3 Å². The summed E-state index contributed by atoms with van der Waals surface area (Å²) in [6.45, 7) is 5.10. The van der Waals surface area contributed by atoms with E-state index in [9.17, 15) is 0 Å². The molecule has 0 aromatic carbocycles. The third-order valence-electron chi connectivity index (χ3n) is 4.03. The molecule has 1 saturated heterocycles. The first-order chi connectivity index (χ1) is 9.55. The maximum Gasteiger partial charge on any atom is 0.129 e. The highest BCUT2D eigenvalue weighted by Crippen LogP contribution is 2.32. The van der Waals surface area contributed by atoms with Gasteiger partial charge in [0.15, 0.2) is 0 Å². The Morgan fingerprint density at radius 2 is 2.20 bits per heavy atom. The van der Waals surface area contributed by atoms with Crippen molar-refractivity contribution >= 4 is 17.6 Å². The molecule has 5 heteroatoms. The molecule has 0 unspecified atom stereocenters. The molecule has 4 nitrogen and oxygen atoms in total. The maximum atomic E-state index is 4.52. The minimum atomic E-state index is 0.258. The number of hydrogen-bond donors (Lipinski definition) is 1. The van der Waals surface area contributed by atoms with Crippen LogP contribution in [0.5, 0.6) is 0 Å². The Hall–Kier alpha value is -0.810. The summed E-state index contributed by atoms with van der Waals surface area (Å²) in [5.41, 5.74) is 1.40. The van der Waals surface area contributed by atoms with Crippen molar-refractivity contribution in [2.45, 2.75) is 38.6 Å². The molecule has 1 N–H and O–H groups in total. The topological polar surface area (TPSA) is 41.0 Å². The monoisotopic (exact) mass is 294 g/mol. The van der Waals surface area contributed by atoms with E-state index in [0.717, 1.165) is 36.7 Å². The lowest BCUT2D eigenvalue weighted by atomic mass is 9.97. The molecule has 2 rings (SSSR count). The number of thioether (sulfide) groups is 1. The van der Waals surface area contributed by atoms with Crippen molar-refractivity contribution in [3.8, 4) is 0 Å². The van der Waals surface area contributed by atoms with E-state index >= 15 is 0 Å². The summed E-state index contributed by atoms with van der Waals surface area (Å²) >= 11 is 2.04. The average molecular weight is 294 g/mol. The maximum absolute atomic E-state index is 4.52. The minimum Gasteiger partial charge on any atom is -0.368 e. The van der Waals surface area contributed by atoms with Gasteiger partial charge in [-0.25, -0.2) is 9.97 Å². The molecule has 0 aliphatic carbocycles. The van der Waals surface area contributed by atoms with Gasteiger partial charge in [0, 0.05) is 29.6 Å². The first-order valence-electron chi connectivity index (χ1n) is 7.39. The quantitative estimate of drug-likeness (QED) is 0.873. The number of aromatic nitrogens is 2. The molecular weight excluding hydrogens is 268 g/mol. The van der Waals surface area contributed by atoms with Crippen LogP contribution in [0.25, 0.3) is 0 Å². The molecule has 1 aliphatic heterocycles. The Bertz CT molecular complexity index is 441. The summed E-state index contributed by atoms with van der Waals surface area (Å²) in [5.74, 6) is 4.28. The number of hydrogen-bond acceptors (Lipinski definition) is 5. The third-order valence-corrected chi connectivity index (χ3v) is 5.26. The Morgan fingerprint density at radius 3 is 2.80 bits per heavy atom. The minimum absolute atomic E-state index is 0.258. The van der Waals surface area contributed by atoms with Gasteiger partial charge in [-0.05, 0) is 39.6 Å². The number of rotatable bonds is 6. The molecule has 0 radical (unpaired) electrons. The van der Waals surface area contributed by atoms with Gasteiger partial charge >= 0.3 is 0 Å². The van der Waals surface area contributed by atoms with Crippen molar-refractivity contribution in [3.63, 3.8) is 0 Å². The van der Waals surface area contributed by atoms with Crippen LogP contribution in [-0.2, 0) is 6.42 Å². The Balaban J connectivity index is 2.06. The number of anilines is 1. The molecule has 2 heterocycles. The molecule has 0 spiro atoms. The van der Waals surface area contributed by atoms with E-state index in [1.54, 1.807) is 0 Å². The first-order valence-corrected chi connectivity index (χ1v) is 8.55. The van der Waals surface area contributed by atoms with E-state index in [2.05, 4.69) is 47.3 Å². The summed E-state index contributed by atoms with van der Waals surface area (Å²) in [6, 6.07) is 2.10. The number of nitrogens with one attached hydrogen (secondary N) is 1. The SMILES string of the molecule is CCCc1cc(NC[C@@]2(N(C)C)CCSC2)nc(C)n1. The van der Waals surface area contributed by atoms with Gasteiger partial charge in [-0.15, -0.1) is 0 Å². The van der Waals surface area contributed by atoms with E-state index in [4.69, 9.17) is 0 Å². The van der Waals surface area contributed by atoms with E-state index < -0.39 is 0 Å². The highest BCUT2D eigenvalue weighted by atomic mass is 32.2. The Labute approximate surface area is 126 Å². The van der Waals surface area contributed by atoms with Crippen molar-refractivity contribution < 1.29 is 0 Å². The Kier molecular flexibility index (Phi) is 5.27. The van der Waals surface area contributed by atoms with Gasteiger partial charge in [0.1, 0.15) is 11.6 Å². The van der Waals surface area contributed by atoms with Gasteiger partial charge in [0.05, 0.1) is 0 Å². The number of aryl methyl sites for hydroxylation is 2. The fraction of sp³-hybridized carbons (Fsp3) is 0.733. The molecule has 1 aromatic rings. The molecule has 1 atom stereocenters. The summed E-state index contributed by atoms with van der Waals surface area (Å²) < 4.78 is 0. The van der Waals surface area contributed by atoms with E-state index in [1.807, 2.05) is 18.7 Å². The van der Waals surface area contributed by atoms with Crippen molar-refractivity contribution in [3.05, 3.63) is 17.6 Å². The van der Waals surface area contributed by atoms with E-state index in [1.165, 1.54) is 17.9 Å². The van der Waals surface area contributed by atoms with Crippen LogP contribution in [0.3, 0.4) is 0 Å². The molecule has 1 fully saturated rings. The van der Waals surface area contributed by atoms with Crippen molar-refractivity contribution in [1.29, 1.82) is 0 Å². The summed E-state index contributed by atoms with van der Waals surface area (Å²) in [5, 5.41) is 3.54. The van der Waals surface area contributed by atoms with Crippen molar-refractivity contribution in [2.75, 3.05) is 37.5 Å². The summed E-state index contributed by atoms with van der Waals surface area (Å²) in [7, 11) is 4.36. The van der Waals surface area contributed by atoms with Gasteiger partial charge in [-0.2, -0.15) is 11.8 Å². The smallest absolute Gasteiger partial charge is 0.129 e. The van der Waals surface area contributed by atoms with Crippen LogP contribution in [-0.4, -0.2) is 52.6 Å². The van der Waals surface area contributed by atoms with Crippen LogP contribution in [0.1, 0.15) is 31.3 Å². The zero-order chi connectivity index (χ0) is 14.6. The summed E-state index contributed by atoms with van der Waals surface area (Å²) in [6.07, 6.45) is 3.38.